The molecule has 140 valence electrons. The van der Waals surface area contributed by atoms with Crippen LogP contribution in [0.25, 0.3) is 22.2 Å². The highest BCUT2D eigenvalue weighted by Crippen LogP contribution is 2.35. The minimum Gasteiger partial charge on any atom is -0.508 e. The molecule has 1 N–H and O–H groups in total. The molecule has 0 aliphatic heterocycles. The van der Waals surface area contributed by atoms with Gasteiger partial charge in [-0.2, -0.15) is 5.26 Å². The fourth-order valence-electron chi connectivity index (χ4n) is 3.26. The largest absolute Gasteiger partial charge is 0.508 e. The Morgan fingerprint density at radius 1 is 1.15 bits per heavy atom. The number of sulfonamides is 1. The number of phenols is 1. The van der Waals surface area contributed by atoms with Crippen LogP contribution in [0.3, 0.4) is 0 Å². The van der Waals surface area contributed by atoms with Gasteiger partial charge in [-0.25, -0.2) is 8.42 Å². The van der Waals surface area contributed by atoms with E-state index in [0.717, 1.165) is 22.2 Å². The zero-order valence-corrected chi connectivity index (χ0v) is 16.3. The number of hydrogen-bond acceptors (Lipinski definition) is 4. The van der Waals surface area contributed by atoms with E-state index in [-0.39, 0.29) is 11.5 Å². The minimum atomic E-state index is -3.33. The standard InChI is InChI=1S/C20H21N3O3S/c1-4-23-19-12-16(24)10-11-17(19)18(13-21)20(23)14-6-8-15(9-7-14)22(3)27(25,26)5-2/h6-12,24H,4-5H2,1-3H3. The summed E-state index contributed by atoms with van der Waals surface area (Å²) in [7, 11) is -1.80. The van der Waals surface area contributed by atoms with E-state index in [1.807, 2.05) is 23.6 Å². The first-order chi connectivity index (χ1) is 12.8. The van der Waals surface area contributed by atoms with Gasteiger partial charge in [0.25, 0.3) is 0 Å². The van der Waals surface area contributed by atoms with Gasteiger partial charge >= 0.3 is 0 Å². The van der Waals surface area contributed by atoms with E-state index in [4.69, 9.17) is 0 Å². The van der Waals surface area contributed by atoms with Crippen LogP contribution in [0.1, 0.15) is 19.4 Å². The molecular weight excluding hydrogens is 362 g/mol. The molecule has 27 heavy (non-hydrogen) atoms. The topological polar surface area (TPSA) is 86.3 Å². The third kappa shape index (κ3) is 3.13. The van der Waals surface area contributed by atoms with Crippen molar-refractivity contribution in [2.75, 3.05) is 17.1 Å². The molecule has 3 rings (SSSR count). The molecule has 1 aromatic heterocycles. The summed E-state index contributed by atoms with van der Waals surface area (Å²) in [6.07, 6.45) is 0. The van der Waals surface area contributed by atoms with E-state index >= 15 is 0 Å². The normalized spacial score (nSPS) is 11.5. The summed E-state index contributed by atoms with van der Waals surface area (Å²) in [6, 6.07) is 14.3. The van der Waals surface area contributed by atoms with Crippen molar-refractivity contribution < 1.29 is 13.5 Å². The Morgan fingerprint density at radius 3 is 2.37 bits per heavy atom. The predicted molar refractivity (Wildman–Crippen MR) is 107 cm³/mol. The molecular formula is C20H21N3O3S. The molecule has 0 saturated carbocycles. The van der Waals surface area contributed by atoms with Crippen LogP contribution in [-0.4, -0.2) is 30.9 Å². The molecule has 0 atom stereocenters. The monoisotopic (exact) mass is 383 g/mol. The smallest absolute Gasteiger partial charge is 0.234 e. The molecule has 0 radical (unpaired) electrons. The predicted octanol–water partition coefficient (Wildman–Crippen LogP) is 3.69. The maximum Gasteiger partial charge on any atom is 0.234 e. The van der Waals surface area contributed by atoms with Gasteiger partial charge in [-0.1, -0.05) is 12.1 Å². The molecule has 0 fully saturated rings. The molecule has 3 aromatic rings. The van der Waals surface area contributed by atoms with Gasteiger partial charge < -0.3 is 9.67 Å². The van der Waals surface area contributed by atoms with Crippen molar-refractivity contribution in [1.82, 2.24) is 4.57 Å². The Morgan fingerprint density at radius 2 is 1.81 bits per heavy atom. The second kappa shape index (κ2) is 6.97. The molecule has 0 spiro atoms. The van der Waals surface area contributed by atoms with Crippen molar-refractivity contribution in [3.05, 3.63) is 48.0 Å². The number of hydrogen-bond donors (Lipinski definition) is 1. The SMILES string of the molecule is CCn1c(-c2ccc(N(C)S(=O)(=O)CC)cc2)c(C#N)c2ccc(O)cc21. The van der Waals surface area contributed by atoms with Crippen molar-refractivity contribution in [2.45, 2.75) is 20.4 Å². The molecule has 0 aliphatic carbocycles. The first-order valence-corrected chi connectivity index (χ1v) is 10.3. The van der Waals surface area contributed by atoms with Crippen LogP contribution >= 0.6 is 0 Å². The summed E-state index contributed by atoms with van der Waals surface area (Å²) in [4.78, 5) is 0. The Balaban J connectivity index is 2.17. The Hall–Kier alpha value is -2.98. The first-order valence-electron chi connectivity index (χ1n) is 8.66. The zero-order valence-electron chi connectivity index (χ0n) is 15.5. The lowest BCUT2D eigenvalue weighted by molar-refractivity contribution is 0.476. The Bertz CT molecular complexity index is 1140. The molecule has 6 nitrogen and oxygen atoms in total. The summed E-state index contributed by atoms with van der Waals surface area (Å²) in [5, 5.41) is 20.3. The van der Waals surface area contributed by atoms with Crippen molar-refractivity contribution in [3.8, 4) is 23.1 Å². The van der Waals surface area contributed by atoms with Crippen LogP contribution in [0.15, 0.2) is 42.5 Å². The highest BCUT2D eigenvalue weighted by Gasteiger charge is 2.20. The maximum atomic E-state index is 12.1. The summed E-state index contributed by atoms with van der Waals surface area (Å²) in [5.74, 6) is 0.171. The summed E-state index contributed by atoms with van der Waals surface area (Å²) in [5.41, 5.74) is 3.46. The highest BCUT2D eigenvalue weighted by molar-refractivity contribution is 7.92. The van der Waals surface area contributed by atoms with Crippen molar-refractivity contribution in [2.24, 2.45) is 0 Å². The number of rotatable bonds is 5. The van der Waals surface area contributed by atoms with Gasteiger partial charge in [-0.05, 0) is 43.7 Å². The van der Waals surface area contributed by atoms with Gasteiger partial charge in [0.2, 0.25) is 10.0 Å². The van der Waals surface area contributed by atoms with Gasteiger partial charge in [0, 0.05) is 25.0 Å². The van der Waals surface area contributed by atoms with Gasteiger partial charge in [0.1, 0.15) is 11.8 Å². The highest BCUT2D eigenvalue weighted by atomic mass is 32.2. The number of fused-ring (bicyclic) bond motifs is 1. The molecule has 7 heteroatoms. The number of anilines is 1. The molecule has 0 amide bonds. The lowest BCUT2D eigenvalue weighted by atomic mass is 10.1. The van der Waals surface area contributed by atoms with E-state index in [2.05, 4.69) is 6.07 Å². The van der Waals surface area contributed by atoms with Crippen molar-refractivity contribution >= 4 is 26.6 Å². The number of phenolic OH excluding ortho intramolecular Hbond substituents is 1. The van der Waals surface area contributed by atoms with Gasteiger partial charge in [0.05, 0.1) is 28.2 Å². The third-order valence-electron chi connectivity index (χ3n) is 4.76. The second-order valence-corrected chi connectivity index (χ2v) is 8.48. The summed E-state index contributed by atoms with van der Waals surface area (Å²) in [6.45, 7) is 4.21. The van der Waals surface area contributed by atoms with E-state index in [9.17, 15) is 18.8 Å². The van der Waals surface area contributed by atoms with E-state index in [1.165, 1.54) is 11.4 Å². The van der Waals surface area contributed by atoms with Crippen LogP contribution in [-0.2, 0) is 16.6 Å². The Labute approximate surface area is 158 Å². The van der Waals surface area contributed by atoms with Crippen LogP contribution in [0, 0.1) is 11.3 Å². The fourth-order valence-corrected chi connectivity index (χ4v) is 4.09. The lowest BCUT2D eigenvalue weighted by Gasteiger charge is -2.19. The van der Waals surface area contributed by atoms with Gasteiger partial charge in [-0.3, -0.25) is 4.31 Å². The average molecular weight is 383 g/mol. The number of aromatic hydroxyl groups is 1. The van der Waals surface area contributed by atoms with Gasteiger partial charge in [-0.15, -0.1) is 0 Å². The van der Waals surface area contributed by atoms with Crippen molar-refractivity contribution in [3.63, 3.8) is 0 Å². The first kappa shape index (κ1) is 18.8. The molecule has 2 aromatic carbocycles. The zero-order chi connectivity index (χ0) is 19.8. The number of aryl methyl sites for hydroxylation is 1. The van der Waals surface area contributed by atoms with E-state index in [0.29, 0.717) is 17.8 Å². The average Bonchev–Trinajstić information content (AvgIpc) is 2.99. The minimum absolute atomic E-state index is 0.0252. The van der Waals surface area contributed by atoms with E-state index in [1.54, 1.807) is 37.3 Å². The number of benzene rings is 2. The molecule has 0 unspecified atom stereocenters. The fraction of sp³-hybridized carbons (Fsp3) is 0.250. The van der Waals surface area contributed by atoms with Crippen LogP contribution in [0.2, 0.25) is 0 Å². The van der Waals surface area contributed by atoms with E-state index < -0.39 is 10.0 Å². The van der Waals surface area contributed by atoms with Crippen LogP contribution in [0.4, 0.5) is 5.69 Å². The number of nitriles is 1. The molecule has 0 bridgehead atoms. The number of aromatic nitrogens is 1. The lowest BCUT2D eigenvalue weighted by Crippen LogP contribution is -2.27. The molecule has 0 aliphatic rings. The summed E-state index contributed by atoms with van der Waals surface area (Å²) >= 11 is 0. The van der Waals surface area contributed by atoms with Crippen molar-refractivity contribution in [1.29, 1.82) is 5.26 Å². The molecule has 0 saturated heterocycles. The Kier molecular flexibility index (Phi) is 4.85. The quantitative estimate of drug-likeness (QED) is 0.728. The van der Waals surface area contributed by atoms with Crippen LogP contribution in [0.5, 0.6) is 5.75 Å². The third-order valence-corrected chi connectivity index (χ3v) is 6.54. The molecule has 1 heterocycles. The second-order valence-electron chi connectivity index (χ2n) is 6.20. The summed E-state index contributed by atoms with van der Waals surface area (Å²) < 4.78 is 27.4. The van der Waals surface area contributed by atoms with Crippen LogP contribution < -0.4 is 4.31 Å². The maximum absolute atomic E-state index is 12.1. The van der Waals surface area contributed by atoms with Gasteiger partial charge in [0.15, 0.2) is 0 Å². The number of nitrogens with zero attached hydrogens (tertiary/aromatic N) is 3.